The Bertz CT molecular complexity index is 2390. The van der Waals surface area contributed by atoms with Crippen molar-refractivity contribution in [3.8, 4) is 12.0 Å². The lowest BCUT2D eigenvalue weighted by Gasteiger charge is -2.53. The smallest absolute Gasteiger partial charge is 0.323 e. The van der Waals surface area contributed by atoms with Crippen molar-refractivity contribution in [3.63, 3.8) is 0 Å². The summed E-state index contributed by atoms with van der Waals surface area (Å²) in [6.07, 6.45) is 10.1. The molecule has 24 nitrogen and oxygen atoms in total. The second kappa shape index (κ2) is 24.8. The number of piperidine rings is 6. The van der Waals surface area contributed by atoms with E-state index in [1.54, 1.807) is 0 Å². The molecule has 6 saturated heterocycles. The maximum absolute atomic E-state index is 11.7. The summed E-state index contributed by atoms with van der Waals surface area (Å²) >= 11 is 0. The minimum absolute atomic E-state index is 0.0724. The maximum Gasteiger partial charge on any atom is 0.323 e. The second-order valence-electron chi connectivity index (χ2n) is 35.8. The van der Waals surface area contributed by atoms with E-state index in [1.165, 1.54) is 30.4 Å². The van der Waals surface area contributed by atoms with Gasteiger partial charge in [0, 0.05) is 129 Å². The van der Waals surface area contributed by atoms with Gasteiger partial charge in [0.15, 0.2) is 0 Å². The summed E-state index contributed by atoms with van der Waals surface area (Å²) in [5, 5.41) is 84.8. The van der Waals surface area contributed by atoms with Crippen LogP contribution in [0.3, 0.4) is 0 Å². The molecule has 0 atom stereocenters. The predicted octanol–water partition coefficient (Wildman–Crippen LogP) is 12.0. The molecule has 24 heteroatoms. The lowest BCUT2D eigenvalue weighted by Crippen LogP contribution is -2.63. The van der Waals surface area contributed by atoms with Crippen LogP contribution < -0.4 is 29.9 Å². The number of hydroxylamine groups is 12. The van der Waals surface area contributed by atoms with Crippen molar-refractivity contribution in [3.05, 3.63) is 0 Å². The lowest BCUT2D eigenvalue weighted by molar-refractivity contribution is -0.255. The van der Waals surface area contributed by atoms with Gasteiger partial charge >= 0.3 is 12.0 Å². The van der Waals surface area contributed by atoms with Crippen LogP contribution in [-0.2, 0) is 0 Å². The molecule has 0 amide bonds. The molecule has 90 heavy (non-hydrogen) atoms. The Balaban J connectivity index is 1.11. The van der Waals surface area contributed by atoms with E-state index < -0.39 is 66.5 Å². The minimum Gasteiger partial charge on any atom is -0.460 e. The summed E-state index contributed by atoms with van der Waals surface area (Å²) in [5.41, 5.74) is -6.73. The molecule has 514 valence electrons. The average Bonchev–Trinajstić information content (AvgIpc) is 0.802. The molecule has 8 N–H and O–H groups in total. The van der Waals surface area contributed by atoms with E-state index in [0.717, 1.165) is 25.7 Å². The van der Waals surface area contributed by atoms with Gasteiger partial charge in [-0.3, -0.25) is 0 Å². The molecular weight excluding hydrogens is 1140 g/mol. The number of ether oxygens (including phenoxy) is 2. The van der Waals surface area contributed by atoms with Crippen LogP contribution in [0.2, 0.25) is 0 Å². The first-order valence-corrected chi connectivity index (χ1v) is 33.8. The monoisotopic (exact) mass is 1270 g/mol. The average molecular weight is 1270 g/mol. The third kappa shape index (κ3) is 15.7. The normalized spacial score (nSPS) is 27.5. The zero-order valence-electron chi connectivity index (χ0n) is 60.0. The minimum atomic E-state index is -0.578. The number of aromatic nitrogens is 6. The van der Waals surface area contributed by atoms with E-state index >= 15 is 0 Å². The van der Waals surface area contributed by atoms with E-state index in [2.05, 4.69) is 75.8 Å². The van der Waals surface area contributed by atoms with Crippen molar-refractivity contribution in [2.75, 3.05) is 33.5 Å². The number of rotatable bonds is 19. The quantitative estimate of drug-likeness (QED) is 0.0608. The van der Waals surface area contributed by atoms with Crippen LogP contribution >= 0.6 is 0 Å². The molecule has 0 saturated carbocycles. The van der Waals surface area contributed by atoms with E-state index in [4.69, 9.17) is 39.4 Å². The highest BCUT2D eigenvalue weighted by molar-refractivity contribution is 5.43. The fourth-order valence-electron chi connectivity index (χ4n) is 17.8. The van der Waals surface area contributed by atoms with E-state index in [1.807, 2.05) is 111 Å². The van der Waals surface area contributed by atoms with Crippen LogP contribution in [0.15, 0.2) is 0 Å². The number of anilines is 4. The Morgan fingerprint density at radius 3 is 0.789 bits per heavy atom. The predicted molar refractivity (Wildman–Crippen MR) is 350 cm³/mol. The maximum atomic E-state index is 11.7. The molecule has 6 aliphatic rings. The third-order valence-electron chi connectivity index (χ3n) is 21.1. The first-order chi connectivity index (χ1) is 40.9. The molecule has 8 heterocycles. The van der Waals surface area contributed by atoms with Crippen molar-refractivity contribution >= 4 is 23.8 Å². The first kappa shape index (κ1) is 72.2. The molecule has 2 aromatic heterocycles. The van der Waals surface area contributed by atoms with Crippen molar-refractivity contribution < 1.29 is 40.7 Å². The summed E-state index contributed by atoms with van der Waals surface area (Å²) in [7, 11) is 0. The van der Waals surface area contributed by atoms with Gasteiger partial charge in [-0.1, -0.05) is 12.8 Å². The van der Waals surface area contributed by atoms with Crippen molar-refractivity contribution in [2.24, 2.45) is 0 Å². The van der Waals surface area contributed by atoms with Crippen LogP contribution in [0.4, 0.5) is 23.8 Å². The summed E-state index contributed by atoms with van der Waals surface area (Å²) in [4.78, 5) is 35.7. The molecule has 2 aromatic rings. The van der Waals surface area contributed by atoms with Crippen LogP contribution in [0.1, 0.15) is 269 Å². The fraction of sp³-hybridized carbons (Fsp3) is 0.909. The van der Waals surface area contributed by atoms with E-state index in [9.17, 15) is 31.2 Å². The highest BCUT2D eigenvalue weighted by atomic mass is 16.5. The molecular formula is C66H122N16O8. The zero-order valence-corrected chi connectivity index (χ0v) is 60.0. The topological polar surface area (TPSA) is 267 Å². The molecule has 6 fully saturated rings. The standard InChI is InChI=1S/C66H122N16O8/c1-55(2)31-43(32-56(3,4)77(55)83)67-49-69-51(73-53(71-49)89-47-39-63(17,18)81(87)64(19,20)40-47)75(45-35-59(9,10)79(85)60(11,12)36-45)29-27-25-26-28-30-76(46-37-61(13,14)80(86)62(15,16)38-46)52-70-50(68-44-33-57(5,6)78(84)58(7,8)34-44)72-54(74-52)90-48-41-65(21,22)82(88)66(23,24)42-48/h43-48,83-88H,25-42H2,1-24H3,(H,67,69,71,73)(H,68,70,72,74). The Hall–Kier alpha value is -3.66. The molecule has 0 spiro atoms. The van der Waals surface area contributed by atoms with E-state index in [-0.39, 0.29) is 48.4 Å². The van der Waals surface area contributed by atoms with Crippen molar-refractivity contribution in [2.45, 2.75) is 372 Å². The highest BCUT2D eigenvalue weighted by Crippen LogP contribution is 2.46. The number of nitrogens with zero attached hydrogens (tertiary/aromatic N) is 14. The van der Waals surface area contributed by atoms with Gasteiger partial charge in [0.05, 0.1) is 0 Å². The van der Waals surface area contributed by atoms with Crippen LogP contribution in [0.5, 0.6) is 12.0 Å². The molecule has 0 bridgehead atoms. The Morgan fingerprint density at radius 2 is 0.544 bits per heavy atom. The van der Waals surface area contributed by atoms with Gasteiger partial charge in [0.1, 0.15) is 12.2 Å². The zero-order chi connectivity index (χ0) is 67.3. The molecule has 8 rings (SSSR count). The van der Waals surface area contributed by atoms with Gasteiger partial charge in [-0.15, -0.1) is 0 Å². The lowest BCUT2D eigenvalue weighted by atomic mass is 9.78. The SMILES string of the molecule is CC1(C)CC(Nc2nc(OC3CC(C)(C)N(O)C(C)(C)C3)nc(N(CCCCCCN(c3nc(NC4CC(C)(C)N(O)C(C)(C)C4)nc(OC4CC(C)(C)N(O)C(C)(C)C4)n3)C3CC(C)(C)N(O)C(C)(C)C3)C3CC(C)(C)N(O)C(C)(C)C3)n2)CC(C)(C)N1O. The highest BCUT2D eigenvalue weighted by Gasteiger charge is 2.53. The van der Waals surface area contributed by atoms with Gasteiger partial charge in [0.25, 0.3) is 0 Å². The Morgan fingerprint density at radius 1 is 0.322 bits per heavy atom. The number of hydrogen-bond donors (Lipinski definition) is 8. The number of unbranched alkanes of at least 4 members (excludes halogenated alkanes) is 3. The van der Waals surface area contributed by atoms with Crippen LogP contribution in [0.25, 0.3) is 0 Å². The summed E-state index contributed by atoms with van der Waals surface area (Å²) in [5.74, 6) is 1.78. The van der Waals surface area contributed by atoms with Gasteiger partial charge in [-0.05, 0) is 230 Å². The molecule has 6 aliphatic heterocycles. The summed E-state index contributed by atoms with van der Waals surface area (Å²) in [6.45, 7) is 50.5. The molecule has 0 radical (unpaired) electrons. The van der Waals surface area contributed by atoms with Crippen molar-refractivity contribution in [1.29, 1.82) is 0 Å². The van der Waals surface area contributed by atoms with E-state index in [0.29, 0.717) is 114 Å². The second-order valence-corrected chi connectivity index (χ2v) is 35.8. The van der Waals surface area contributed by atoms with Crippen LogP contribution in [-0.4, -0.2) is 207 Å². The Labute approximate surface area is 540 Å². The summed E-state index contributed by atoms with van der Waals surface area (Å²) in [6, 6.07) is 0.115. The van der Waals surface area contributed by atoms with Gasteiger partial charge in [-0.25, -0.2) is 0 Å². The van der Waals surface area contributed by atoms with Gasteiger partial charge in [0.2, 0.25) is 23.8 Å². The van der Waals surface area contributed by atoms with Gasteiger partial charge in [-0.2, -0.15) is 60.3 Å². The molecule has 0 aliphatic carbocycles. The largest absolute Gasteiger partial charge is 0.460 e. The molecule has 0 unspecified atom stereocenters. The fourth-order valence-corrected chi connectivity index (χ4v) is 17.8. The first-order valence-electron chi connectivity index (χ1n) is 33.8. The van der Waals surface area contributed by atoms with Crippen LogP contribution in [0, 0.1) is 0 Å². The summed E-state index contributed by atoms with van der Waals surface area (Å²) < 4.78 is 13.8. The van der Waals surface area contributed by atoms with Crippen molar-refractivity contribution in [1.82, 2.24) is 60.3 Å². The Kier molecular flexibility index (Phi) is 19.9. The molecule has 0 aromatic carbocycles. The third-order valence-corrected chi connectivity index (χ3v) is 21.1. The van der Waals surface area contributed by atoms with Gasteiger partial charge < -0.3 is 61.2 Å². The number of hydrogen-bond acceptors (Lipinski definition) is 24. The number of nitrogens with one attached hydrogen (secondary N) is 2.